The maximum absolute atomic E-state index is 12.8. The van der Waals surface area contributed by atoms with Gasteiger partial charge in [-0.2, -0.15) is 0 Å². The number of aliphatic hydroxyl groups is 1. The van der Waals surface area contributed by atoms with Gasteiger partial charge in [-0.3, -0.25) is 0 Å². The van der Waals surface area contributed by atoms with Gasteiger partial charge in [0, 0.05) is 15.8 Å². The summed E-state index contributed by atoms with van der Waals surface area (Å²) in [5, 5.41) is 8.85. The van der Waals surface area contributed by atoms with Crippen molar-refractivity contribution >= 4 is 17.4 Å². The zero-order valence-corrected chi connectivity index (χ0v) is 8.14. The van der Waals surface area contributed by atoms with Gasteiger partial charge in [-0.15, -0.1) is 11.8 Å². The summed E-state index contributed by atoms with van der Waals surface area (Å²) in [4.78, 5) is 0.749. The SMILES string of the molecule is CC(CO)Sc1cc(N)cc(F)c1. The quantitative estimate of drug-likeness (QED) is 0.580. The Kier molecular flexibility index (Phi) is 3.57. The molecule has 0 saturated heterocycles. The summed E-state index contributed by atoms with van der Waals surface area (Å²) in [6, 6.07) is 4.38. The first-order valence-electron chi connectivity index (χ1n) is 3.95. The Hall–Kier alpha value is -0.740. The number of aliphatic hydroxyl groups excluding tert-OH is 1. The maximum atomic E-state index is 12.8. The lowest BCUT2D eigenvalue weighted by Gasteiger charge is -2.07. The summed E-state index contributed by atoms with van der Waals surface area (Å²) < 4.78 is 12.8. The van der Waals surface area contributed by atoms with E-state index in [1.54, 1.807) is 6.07 Å². The highest BCUT2D eigenvalue weighted by Gasteiger charge is 2.04. The maximum Gasteiger partial charge on any atom is 0.126 e. The molecule has 0 amide bonds. The van der Waals surface area contributed by atoms with E-state index in [0.717, 1.165) is 4.90 Å². The van der Waals surface area contributed by atoms with E-state index in [0.29, 0.717) is 5.69 Å². The molecule has 1 aromatic carbocycles. The number of halogens is 1. The average molecular weight is 201 g/mol. The van der Waals surface area contributed by atoms with Crippen LogP contribution in [-0.4, -0.2) is 17.0 Å². The normalized spacial score (nSPS) is 12.8. The second-order valence-corrected chi connectivity index (χ2v) is 4.34. The molecule has 3 N–H and O–H groups in total. The van der Waals surface area contributed by atoms with Gasteiger partial charge in [0.2, 0.25) is 0 Å². The van der Waals surface area contributed by atoms with Gasteiger partial charge in [0.15, 0.2) is 0 Å². The van der Waals surface area contributed by atoms with E-state index in [9.17, 15) is 4.39 Å². The summed E-state index contributed by atoms with van der Waals surface area (Å²) in [7, 11) is 0. The molecular formula is C9H12FNOS. The summed E-state index contributed by atoms with van der Waals surface area (Å²) in [6.07, 6.45) is 0. The molecule has 1 rings (SSSR count). The van der Waals surface area contributed by atoms with E-state index < -0.39 is 0 Å². The zero-order chi connectivity index (χ0) is 9.84. The number of rotatable bonds is 3. The van der Waals surface area contributed by atoms with Crippen molar-refractivity contribution in [1.82, 2.24) is 0 Å². The second-order valence-electron chi connectivity index (χ2n) is 2.83. The molecule has 2 nitrogen and oxygen atoms in total. The minimum Gasteiger partial charge on any atom is -0.399 e. The summed E-state index contributed by atoms with van der Waals surface area (Å²) in [5.41, 5.74) is 5.87. The van der Waals surface area contributed by atoms with Crippen molar-refractivity contribution in [1.29, 1.82) is 0 Å². The predicted octanol–water partition coefficient (Wildman–Crippen LogP) is 1.88. The molecule has 0 radical (unpaired) electrons. The van der Waals surface area contributed by atoms with E-state index >= 15 is 0 Å². The monoisotopic (exact) mass is 201 g/mol. The molecule has 1 aromatic rings. The fourth-order valence-corrected chi connectivity index (χ4v) is 1.85. The molecule has 0 saturated carbocycles. The lowest BCUT2D eigenvalue weighted by atomic mass is 10.3. The first kappa shape index (κ1) is 10.3. The van der Waals surface area contributed by atoms with Crippen LogP contribution in [0, 0.1) is 5.82 Å². The van der Waals surface area contributed by atoms with E-state index in [-0.39, 0.29) is 17.7 Å². The van der Waals surface area contributed by atoms with Gasteiger partial charge in [0.05, 0.1) is 6.61 Å². The molecule has 0 aliphatic carbocycles. The predicted molar refractivity (Wildman–Crippen MR) is 53.2 cm³/mol. The van der Waals surface area contributed by atoms with Crippen molar-refractivity contribution in [3.05, 3.63) is 24.0 Å². The molecule has 4 heteroatoms. The minimum absolute atomic E-state index is 0.0567. The second kappa shape index (κ2) is 4.48. The van der Waals surface area contributed by atoms with Gasteiger partial charge in [-0.05, 0) is 18.2 Å². The highest BCUT2D eigenvalue weighted by atomic mass is 32.2. The van der Waals surface area contributed by atoms with E-state index in [2.05, 4.69) is 0 Å². The highest BCUT2D eigenvalue weighted by Crippen LogP contribution is 2.25. The van der Waals surface area contributed by atoms with Gasteiger partial charge < -0.3 is 10.8 Å². The van der Waals surface area contributed by atoms with Crippen molar-refractivity contribution in [2.24, 2.45) is 0 Å². The highest BCUT2D eigenvalue weighted by molar-refractivity contribution is 8.00. The standard InChI is InChI=1S/C9H12FNOS/c1-6(5-12)13-9-3-7(10)2-8(11)4-9/h2-4,6,12H,5,11H2,1H3. The lowest BCUT2D eigenvalue weighted by Crippen LogP contribution is -2.01. The third-order valence-electron chi connectivity index (χ3n) is 1.49. The van der Waals surface area contributed by atoms with Gasteiger partial charge in [0.25, 0.3) is 0 Å². The Morgan fingerprint density at radius 3 is 2.77 bits per heavy atom. The summed E-state index contributed by atoms with van der Waals surface area (Å²) in [6.45, 7) is 1.94. The number of anilines is 1. The van der Waals surface area contributed by atoms with Crippen LogP contribution in [0.15, 0.2) is 23.1 Å². The molecule has 0 heterocycles. The summed E-state index contributed by atoms with van der Waals surface area (Å²) in [5.74, 6) is -0.340. The third kappa shape index (κ3) is 3.24. The average Bonchev–Trinajstić information content (AvgIpc) is 2.02. The van der Waals surface area contributed by atoms with Gasteiger partial charge in [-0.25, -0.2) is 4.39 Å². The van der Waals surface area contributed by atoms with Crippen molar-refractivity contribution in [3.8, 4) is 0 Å². The number of benzene rings is 1. The number of thioether (sulfide) groups is 1. The molecular weight excluding hydrogens is 189 g/mol. The van der Waals surface area contributed by atoms with Gasteiger partial charge in [-0.1, -0.05) is 6.92 Å². The number of hydrogen-bond donors (Lipinski definition) is 2. The van der Waals surface area contributed by atoms with Crippen LogP contribution >= 0.6 is 11.8 Å². The molecule has 72 valence electrons. The van der Waals surface area contributed by atoms with Crippen LogP contribution in [0.1, 0.15) is 6.92 Å². The molecule has 0 spiro atoms. The van der Waals surface area contributed by atoms with Crippen LogP contribution in [0.5, 0.6) is 0 Å². The molecule has 1 unspecified atom stereocenters. The fourth-order valence-electron chi connectivity index (χ4n) is 0.922. The van der Waals surface area contributed by atoms with Crippen molar-refractivity contribution in [3.63, 3.8) is 0 Å². The first-order valence-corrected chi connectivity index (χ1v) is 4.83. The Bertz CT molecular complexity index is 273. The van der Waals surface area contributed by atoms with Crippen LogP contribution in [0.2, 0.25) is 0 Å². The Labute approximate surface area is 80.9 Å². The largest absolute Gasteiger partial charge is 0.399 e. The molecule has 0 bridgehead atoms. The van der Waals surface area contributed by atoms with Crippen molar-refractivity contribution in [2.45, 2.75) is 17.1 Å². The number of nitrogen functional groups attached to an aromatic ring is 1. The van der Waals surface area contributed by atoms with Crippen LogP contribution in [0.4, 0.5) is 10.1 Å². The Balaban J connectivity index is 2.77. The van der Waals surface area contributed by atoms with Crippen LogP contribution in [-0.2, 0) is 0 Å². The molecule has 0 aliphatic heterocycles. The molecule has 0 aromatic heterocycles. The van der Waals surface area contributed by atoms with Crippen molar-refractivity contribution < 1.29 is 9.50 Å². The van der Waals surface area contributed by atoms with E-state index in [4.69, 9.17) is 10.8 Å². The molecule has 0 fully saturated rings. The van der Waals surface area contributed by atoms with Crippen molar-refractivity contribution in [2.75, 3.05) is 12.3 Å². The van der Waals surface area contributed by atoms with Crippen LogP contribution in [0.3, 0.4) is 0 Å². The molecule has 13 heavy (non-hydrogen) atoms. The topological polar surface area (TPSA) is 46.2 Å². The fraction of sp³-hybridized carbons (Fsp3) is 0.333. The smallest absolute Gasteiger partial charge is 0.126 e. The molecule has 1 atom stereocenters. The lowest BCUT2D eigenvalue weighted by molar-refractivity contribution is 0.300. The van der Waals surface area contributed by atoms with E-state index in [1.807, 2.05) is 6.92 Å². The number of nitrogens with two attached hydrogens (primary N) is 1. The third-order valence-corrected chi connectivity index (χ3v) is 2.55. The van der Waals surface area contributed by atoms with Gasteiger partial charge >= 0.3 is 0 Å². The van der Waals surface area contributed by atoms with Crippen LogP contribution in [0.25, 0.3) is 0 Å². The first-order chi connectivity index (χ1) is 6.11. The van der Waals surface area contributed by atoms with E-state index in [1.165, 1.54) is 23.9 Å². The Morgan fingerprint density at radius 2 is 2.23 bits per heavy atom. The summed E-state index contributed by atoms with van der Waals surface area (Å²) >= 11 is 1.40. The number of hydrogen-bond acceptors (Lipinski definition) is 3. The Morgan fingerprint density at radius 1 is 1.54 bits per heavy atom. The molecule has 0 aliphatic rings. The minimum atomic E-state index is -0.340. The van der Waals surface area contributed by atoms with Gasteiger partial charge in [0.1, 0.15) is 5.82 Å². The zero-order valence-electron chi connectivity index (χ0n) is 7.33. The van der Waals surface area contributed by atoms with Crippen LogP contribution < -0.4 is 5.73 Å².